The Hall–Kier alpha value is -0.870. The van der Waals surface area contributed by atoms with Crippen molar-refractivity contribution in [2.24, 2.45) is 5.92 Å². The molecule has 18 heavy (non-hydrogen) atoms. The number of hydrogen-bond acceptors (Lipinski definition) is 3. The van der Waals surface area contributed by atoms with E-state index in [0.717, 1.165) is 36.9 Å². The van der Waals surface area contributed by atoms with Crippen LogP contribution >= 0.6 is 15.9 Å². The second kappa shape index (κ2) is 6.34. The standard InChI is InChI=1S/C14H18BrNO2/c1-18-14(17)12-3-2-8-16(10-12)9-11-4-6-13(15)7-5-11/h4-7,12H,2-3,8-10H2,1H3. The summed E-state index contributed by atoms with van der Waals surface area (Å²) in [5, 5.41) is 0. The molecule has 1 saturated heterocycles. The molecule has 1 aromatic rings. The van der Waals surface area contributed by atoms with E-state index in [1.165, 1.54) is 12.7 Å². The van der Waals surface area contributed by atoms with Crippen LogP contribution in [0.1, 0.15) is 18.4 Å². The van der Waals surface area contributed by atoms with Crippen LogP contribution in [0.2, 0.25) is 0 Å². The van der Waals surface area contributed by atoms with Crippen LogP contribution in [0.25, 0.3) is 0 Å². The first-order chi connectivity index (χ1) is 8.69. The van der Waals surface area contributed by atoms with E-state index < -0.39 is 0 Å². The number of esters is 1. The van der Waals surface area contributed by atoms with Gasteiger partial charge in [-0.15, -0.1) is 0 Å². The number of nitrogens with zero attached hydrogens (tertiary/aromatic N) is 1. The van der Waals surface area contributed by atoms with Gasteiger partial charge in [-0.3, -0.25) is 9.69 Å². The highest BCUT2D eigenvalue weighted by Crippen LogP contribution is 2.20. The van der Waals surface area contributed by atoms with Crippen molar-refractivity contribution in [1.29, 1.82) is 0 Å². The van der Waals surface area contributed by atoms with Crippen molar-refractivity contribution >= 4 is 21.9 Å². The highest BCUT2D eigenvalue weighted by atomic mass is 79.9. The van der Waals surface area contributed by atoms with Gasteiger partial charge in [-0.25, -0.2) is 0 Å². The Bertz CT molecular complexity index is 405. The molecule has 98 valence electrons. The van der Waals surface area contributed by atoms with Crippen molar-refractivity contribution in [2.75, 3.05) is 20.2 Å². The number of piperidine rings is 1. The number of carbonyl (C=O) groups excluding carboxylic acids is 1. The third-order valence-electron chi connectivity index (χ3n) is 3.36. The lowest BCUT2D eigenvalue weighted by Gasteiger charge is -2.31. The van der Waals surface area contributed by atoms with Crippen LogP contribution in [-0.2, 0) is 16.1 Å². The van der Waals surface area contributed by atoms with E-state index in [2.05, 4.69) is 45.1 Å². The average molecular weight is 312 g/mol. The molecule has 0 amide bonds. The number of rotatable bonds is 3. The van der Waals surface area contributed by atoms with Crippen LogP contribution in [-0.4, -0.2) is 31.1 Å². The summed E-state index contributed by atoms with van der Waals surface area (Å²) in [6, 6.07) is 8.34. The van der Waals surface area contributed by atoms with Crippen LogP contribution in [0.15, 0.2) is 28.7 Å². The van der Waals surface area contributed by atoms with Gasteiger partial charge in [0.2, 0.25) is 0 Å². The van der Waals surface area contributed by atoms with Crippen LogP contribution in [0.5, 0.6) is 0 Å². The molecule has 0 bridgehead atoms. The molecule has 1 unspecified atom stereocenters. The quantitative estimate of drug-likeness (QED) is 0.804. The zero-order valence-corrected chi connectivity index (χ0v) is 12.1. The number of ether oxygens (including phenoxy) is 1. The summed E-state index contributed by atoms with van der Waals surface area (Å²) in [6.07, 6.45) is 2.01. The zero-order valence-electron chi connectivity index (χ0n) is 10.6. The van der Waals surface area contributed by atoms with Crippen LogP contribution in [0, 0.1) is 5.92 Å². The number of carbonyl (C=O) groups is 1. The lowest BCUT2D eigenvalue weighted by Crippen LogP contribution is -2.38. The molecule has 2 rings (SSSR count). The molecule has 1 aliphatic heterocycles. The van der Waals surface area contributed by atoms with Gasteiger partial charge in [0.1, 0.15) is 0 Å². The normalized spacial score (nSPS) is 20.7. The largest absolute Gasteiger partial charge is 0.469 e. The van der Waals surface area contributed by atoms with Gasteiger partial charge in [0.25, 0.3) is 0 Å². The summed E-state index contributed by atoms with van der Waals surface area (Å²) in [5.74, 6) is -0.0327. The minimum Gasteiger partial charge on any atom is -0.469 e. The van der Waals surface area contributed by atoms with Crippen LogP contribution in [0.4, 0.5) is 0 Å². The molecular formula is C14H18BrNO2. The van der Waals surface area contributed by atoms with Crippen molar-refractivity contribution in [2.45, 2.75) is 19.4 Å². The highest BCUT2D eigenvalue weighted by molar-refractivity contribution is 9.10. The highest BCUT2D eigenvalue weighted by Gasteiger charge is 2.26. The van der Waals surface area contributed by atoms with Gasteiger partial charge in [-0.2, -0.15) is 0 Å². The molecule has 3 nitrogen and oxygen atoms in total. The molecule has 0 saturated carbocycles. The molecule has 1 heterocycles. The second-order valence-corrected chi connectivity index (χ2v) is 5.64. The van der Waals surface area contributed by atoms with E-state index in [9.17, 15) is 4.79 Å². The first-order valence-corrected chi connectivity index (χ1v) is 7.03. The second-order valence-electron chi connectivity index (χ2n) is 4.72. The van der Waals surface area contributed by atoms with Gasteiger partial charge in [0.05, 0.1) is 13.0 Å². The summed E-state index contributed by atoms with van der Waals surface area (Å²) < 4.78 is 5.93. The number of halogens is 1. The molecule has 0 aliphatic carbocycles. The van der Waals surface area contributed by atoms with E-state index in [1.54, 1.807) is 0 Å². The summed E-state index contributed by atoms with van der Waals surface area (Å²) in [5.41, 5.74) is 1.28. The summed E-state index contributed by atoms with van der Waals surface area (Å²) in [7, 11) is 1.47. The minimum absolute atomic E-state index is 0.0409. The number of likely N-dealkylation sites (tertiary alicyclic amines) is 1. The monoisotopic (exact) mass is 311 g/mol. The third kappa shape index (κ3) is 3.56. The van der Waals surface area contributed by atoms with Gasteiger partial charge in [-0.05, 0) is 37.1 Å². The average Bonchev–Trinajstić information content (AvgIpc) is 2.41. The fourth-order valence-corrected chi connectivity index (χ4v) is 2.67. The number of hydrogen-bond donors (Lipinski definition) is 0. The Morgan fingerprint density at radius 1 is 1.44 bits per heavy atom. The van der Waals surface area contributed by atoms with Crippen LogP contribution < -0.4 is 0 Å². The van der Waals surface area contributed by atoms with Crippen molar-refractivity contribution < 1.29 is 9.53 Å². The number of methoxy groups -OCH3 is 1. The molecule has 1 aliphatic rings. The number of benzene rings is 1. The van der Waals surface area contributed by atoms with E-state index in [4.69, 9.17) is 4.74 Å². The first kappa shape index (κ1) is 13.6. The fourth-order valence-electron chi connectivity index (χ4n) is 2.41. The fraction of sp³-hybridized carbons (Fsp3) is 0.500. The van der Waals surface area contributed by atoms with Crippen LogP contribution in [0.3, 0.4) is 0 Å². The van der Waals surface area contributed by atoms with Crippen molar-refractivity contribution in [3.8, 4) is 0 Å². The maximum absolute atomic E-state index is 11.6. The molecule has 4 heteroatoms. The molecule has 0 aromatic heterocycles. The Morgan fingerprint density at radius 3 is 2.83 bits per heavy atom. The first-order valence-electron chi connectivity index (χ1n) is 6.23. The topological polar surface area (TPSA) is 29.5 Å². The minimum atomic E-state index is -0.0736. The molecule has 0 radical (unpaired) electrons. The van der Waals surface area contributed by atoms with Crippen molar-refractivity contribution in [1.82, 2.24) is 4.90 Å². The Morgan fingerprint density at radius 2 is 2.17 bits per heavy atom. The Kier molecular flexibility index (Phi) is 4.78. The van der Waals surface area contributed by atoms with Gasteiger partial charge in [0, 0.05) is 17.6 Å². The van der Waals surface area contributed by atoms with E-state index >= 15 is 0 Å². The summed E-state index contributed by atoms with van der Waals surface area (Å²) in [4.78, 5) is 13.9. The third-order valence-corrected chi connectivity index (χ3v) is 3.89. The zero-order chi connectivity index (χ0) is 13.0. The van der Waals surface area contributed by atoms with Crippen molar-refractivity contribution in [3.63, 3.8) is 0 Å². The molecule has 1 atom stereocenters. The molecule has 0 N–H and O–H groups in total. The van der Waals surface area contributed by atoms with Gasteiger partial charge < -0.3 is 4.74 Å². The SMILES string of the molecule is COC(=O)C1CCCN(Cc2ccc(Br)cc2)C1. The maximum Gasteiger partial charge on any atom is 0.309 e. The predicted octanol–water partition coefficient (Wildman–Crippen LogP) is 2.83. The lowest BCUT2D eigenvalue weighted by molar-refractivity contribution is -0.147. The van der Waals surface area contributed by atoms with E-state index in [0.29, 0.717) is 0 Å². The molecule has 1 aromatic carbocycles. The van der Waals surface area contributed by atoms with Gasteiger partial charge in [0.15, 0.2) is 0 Å². The Balaban J connectivity index is 1.93. The molecule has 1 fully saturated rings. The van der Waals surface area contributed by atoms with Crippen molar-refractivity contribution in [3.05, 3.63) is 34.3 Å². The summed E-state index contributed by atoms with van der Waals surface area (Å²) in [6.45, 7) is 2.77. The Labute approximate surface area is 116 Å². The van der Waals surface area contributed by atoms with E-state index in [1.807, 2.05) is 0 Å². The van der Waals surface area contributed by atoms with E-state index in [-0.39, 0.29) is 11.9 Å². The molecule has 0 spiro atoms. The lowest BCUT2D eigenvalue weighted by atomic mass is 9.98. The maximum atomic E-state index is 11.6. The van der Waals surface area contributed by atoms with Gasteiger partial charge in [-0.1, -0.05) is 28.1 Å². The smallest absolute Gasteiger partial charge is 0.309 e. The molecular weight excluding hydrogens is 294 g/mol. The predicted molar refractivity (Wildman–Crippen MR) is 74.2 cm³/mol. The summed E-state index contributed by atoms with van der Waals surface area (Å²) >= 11 is 3.43. The van der Waals surface area contributed by atoms with Gasteiger partial charge >= 0.3 is 5.97 Å².